The monoisotopic (exact) mass is 311 g/mol. The van der Waals surface area contributed by atoms with E-state index in [0.717, 1.165) is 41.7 Å². The largest absolute Gasteiger partial charge is 0.454 e. The lowest BCUT2D eigenvalue weighted by Crippen LogP contribution is -2.29. The van der Waals surface area contributed by atoms with E-state index in [-0.39, 0.29) is 12.7 Å². The smallest absolute Gasteiger partial charge is 0.231 e. The molecule has 1 aromatic carbocycles. The second-order valence-corrected chi connectivity index (χ2v) is 5.38. The van der Waals surface area contributed by atoms with E-state index >= 15 is 0 Å². The van der Waals surface area contributed by atoms with E-state index in [9.17, 15) is 4.79 Å². The number of amides is 1. The van der Waals surface area contributed by atoms with Crippen LogP contribution in [0.5, 0.6) is 11.5 Å². The first-order valence-electron chi connectivity index (χ1n) is 6.10. The van der Waals surface area contributed by atoms with Crippen molar-refractivity contribution in [2.24, 2.45) is 0 Å². The highest BCUT2D eigenvalue weighted by Crippen LogP contribution is 2.40. The molecule has 96 valence electrons. The van der Waals surface area contributed by atoms with Crippen molar-refractivity contribution in [2.45, 2.75) is 19.3 Å². The molecule has 2 aliphatic heterocycles. The Bertz CT molecular complexity index is 483. The van der Waals surface area contributed by atoms with E-state index in [4.69, 9.17) is 9.47 Å². The van der Waals surface area contributed by atoms with Crippen molar-refractivity contribution in [3.63, 3.8) is 0 Å². The maximum absolute atomic E-state index is 12.2. The number of nitrogens with zero attached hydrogens (tertiary/aromatic N) is 1. The lowest BCUT2D eigenvalue weighted by atomic mass is 10.1. The van der Waals surface area contributed by atoms with Gasteiger partial charge in [-0.3, -0.25) is 4.79 Å². The van der Waals surface area contributed by atoms with Crippen LogP contribution >= 0.6 is 15.9 Å². The zero-order valence-corrected chi connectivity index (χ0v) is 11.5. The molecule has 2 heterocycles. The third-order valence-electron chi connectivity index (χ3n) is 3.37. The summed E-state index contributed by atoms with van der Waals surface area (Å²) in [5.74, 6) is 1.59. The Kier molecular flexibility index (Phi) is 3.16. The number of halogens is 1. The Balaban J connectivity index is 1.84. The minimum atomic E-state index is 0.164. The van der Waals surface area contributed by atoms with Gasteiger partial charge in [0, 0.05) is 23.1 Å². The van der Waals surface area contributed by atoms with Gasteiger partial charge in [-0.1, -0.05) is 15.9 Å². The first-order chi connectivity index (χ1) is 8.75. The third kappa shape index (κ3) is 2.07. The molecule has 1 amide bonds. The first-order valence-corrected chi connectivity index (χ1v) is 6.90. The van der Waals surface area contributed by atoms with Crippen LogP contribution in [0.4, 0.5) is 0 Å². The highest BCUT2D eigenvalue weighted by Gasteiger charge is 2.25. The lowest BCUT2D eigenvalue weighted by Gasteiger charge is -2.16. The van der Waals surface area contributed by atoms with Gasteiger partial charge in [-0.2, -0.15) is 0 Å². The van der Waals surface area contributed by atoms with Crippen LogP contribution in [-0.2, 0) is 11.2 Å². The van der Waals surface area contributed by atoms with Gasteiger partial charge in [-0.15, -0.1) is 0 Å². The SMILES string of the molecule is O=C(Cc1c(Br)ccc2c1OCO2)N1CCCC1. The number of benzene rings is 1. The number of carbonyl (C=O) groups excluding carboxylic acids is 1. The predicted octanol–water partition coefficient (Wildman–Crippen LogP) is 2.34. The molecule has 0 radical (unpaired) electrons. The number of rotatable bonds is 2. The van der Waals surface area contributed by atoms with Crippen molar-refractivity contribution in [1.82, 2.24) is 4.90 Å². The average molecular weight is 312 g/mol. The van der Waals surface area contributed by atoms with E-state index < -0.39 is 0 Å². The van der Waals surface area contributed by atoms with E-state index in [1.807, 2.05) is 17.0 Å². The molecular formula is C13H14BrNO3. The summed E-state index contributed by atoms with van der Waals surface area (Å²) in [4.78, 5) is 14.1. The lowest BCUT2D eigenvalue weighted by molar-refractivity contribution is -0.129. The Morgan fingerprint density at radius 3 is 2.83 bits per heavy atom. The summed E-state index contributed by atoms with van der Waals surface area (Å²) >= 11 is 3.48. The zero-order chi connectivity index (χ0) is 12.5. The fraction of sp³-hybridized carbons (Fsp3) is 0.462. The second-order valence-electron chi connectivity index (χ2n) is 4.52. The van der Waals surface area contributed by atoms with Crippen LogP contribution in [0.25, 0.3) is 0 Å². The third-order valence-corrected chi connectivity index (χ3v) is 4.11. The summed E-state index contributed by atoms with van der Waals surface area (Å²) in [5.41, 5.74) is 0.891. The summed E-state index contributed by atoms with van der Waals surface area (Å²) in [5, 5.41) is 0. The van der Waals surface area contributed by atoms with Crippen molar-refractivity contribution in [3.8, 4) is 11.5 Å². The molecule has 5 heteroatoms. The molecule has 2 aliphatic rings. The molecule has 0 aromatic heterocycles. The Labute approximate surface area is 114 Å². The standard InChI is InChI=1S/C13H14BrNO3/c14-10-3-4-11-13(18-8-17-11)9(10)7-12(16)15-5-1-2-6-15/h3-4H,1-2,5-8H2. The molecule has 1 saturated heterocycles. The van der Waals surface area contributed by atoms with E-state index in [2.05, 4.69) is 15.9 Å². The molecular weight excluding hydrogens is 298 g/mol. The Morgan fingerprint density at radius 1 is 1.28 bits per heavy atom. The maximum atomic E-state index is 12.2. The number of fused-ring (bicyclic) bond motifs is 1. The molecule has 0 bridgehead atoms. The molecule has 1 fully saturated rings. The number of ether oxygens (including phenoxy) is 2. The van der Waals surface area contributed by atoms with E-state index in [1.165, 1.54) is 0 Å². The van der Waals surface area contributed by atoms with Crippen LogP contribution in [0.15, 0.2) is 16.6 Å². The molecule has 0 atom stereocenters. The van der Waals surface area contributed by atoms with Gasteiger partial charge < -0.3 is 14.4 Å². The van der Waals surface area contributed by atoms with Gasteiger partial charge in [-0.05, 0) is 25.0 Å². The molecule has 0 N–H and O–H groups in total. The van der Waals surface area contributed by atoms with E-state index in [1.54, 1.807) is 0 Å². The summed E-state index contributed by atoms with van der Waals surface area (Å²) in [6, 6.07) is 3.76. The normalized spacial score (nSPS) is 17.3. The molecule has 0 aliphatic carbocycles. The zero-order valence-electron chi connectivity index (χ0n) is 9.95. The van der Waals surface area contributed by atoms with Crippen molar-refractivity contribution in [1.29, 1.82) is 0 Å². The second kappa shape index (κ2) is 4.80. The highest BCUT2D eigenvalue weighted by molar-refractivity contribution is 9.10. The molecule has 18 heavy (non-hydrogen) atoms. The number of hydrogen-bond donors (Lipinski definition) is 0. The summed E-state index contributed by atoms with van der Waals surface area (Å²) < 4.78 is 11.7. The van der Waals surface area contributed by atoms with Crippen LogP contribution in [0.3, 0.4) is 0 Å². The molecule has 3 rings (SSSR count). The summed E-state index contributed by atoms with van der Waals surface area (Å²) in [6.07, 6.45) is 2.59. The molecule has 0 saturated carbocycles. The minimum absolute atomic E-state index is 0.164. The van der Waals surface area contributed by atoms with Crippen LogP contribution in [0.2, 0.25) is 0 Å². The van der Waals surface area contributed by atoms with Gasteiger partial charge in [0.25, 0.3) is 0 Å². The summed E-state index contributed by atoms with van der Waals surface area (Å²) in [6.45, 7) is 1.99. The minimum Gasteiger partial charge on any atom is -0.454 e. The van der Waals surface area contributed by atoms with Crippen molar-refractivity contribution >= 4 is 21.8 Å². The van der Waals surface area contributed by atoms with Gasteiger partial charge in [0.1, 0.15) is 0 Å². The van der Waals surface area contributed by atoms with Crippen LogP contribution in [-0.4, -0.2) is 30.7 Å². The highest BCUT2D eigenvalue weighted by atomic mass is 79.9. The van der Waals surface area contributed by atoms with Gasteiger partial charge in [0.05, 0.1) is 6.42 Å². The predicted molar refractivity (Wildman–Crippen MR) is 69.8 cm³/mol. The van der Waals surface area contributed by atoms with Crippen molar-refractivity contribution in [3.05, 3.63) is 22.2 Å². The Hall–Kier alpha value is -1.23. The molecule has 1 aromatic rings. The van der Waals surface area contributed by atoms with Gasteiger partial charge >= 0.3 is 0 Å². The quantitative estimate of drug-likeness (QED) is 0.841. The molecule has 0 spiro atoms. The molecule has 0 unspecified atom stereocenters. The van der Waals surface area contributed by atoms with E-state index in [0.29, 0.717) is 12.2 Å². The topological polar surface area (TPSA) is 38.8 Å². The van der Waals surface area contributed by atoms with Crippen molar-refractivity contribution in [2.75, 3.05) is 19.9 Å². The average Bonchev–Trinajstić information content (AvgIpc) is 3.02. The van der Waals surface area contributed by atoms with Crippen LogP contribution < -0.4 is 9.47 Å². The number of likely N-dealkylation sites (tertiary alicyclic amines) is 1. The van der Waals surface area contributed by atoms with Crippen LogP contribution in [0, 0.1) is 0 Å². The Morgan fingerprint density at radius 2 is 2.06 bits per heavy atom. The number of carbonyl (C=O) groups is 1. The van der Waals surface area contributed by atoms with Crippen LogP contribution in [0.1, 0.15) is 18.4 Å². The first kappa shape index (κ1) is 11.8. The fourth-order valence-electron chi connectivity index (χ4n) is 2.40. The fourth-order valence-corrected chi connectivity index (χ4v) is 2.85. The maximum Gasteiger partial charge on any atom is 0.231 e. The van der Waals surface area contributed by atoms with Gasteiger partial charge in [0.2, 0.25) is 12.7 Å². The van der Waals surface area contributed by atoms with Gasteiger partial charge in [0.15, 0.2) is 11.5 Å². The number of hydrogen-bond acceptors (Lipinski definition) is 3. The summed E-state index contributed by atoms with van der Waals surface area (Å²) in [7, 11) is 0. The van der Waals surface area contributed by atoms with Gasteiger partial charge in [-0.25, -0.2) is 0 Å². The van der Waals surface area contributed by atoms with Crippen molar-refractivity contribution < 1.29 is 14.3 Å². The molecule has 4 nitrogen and oxygen atoms in total.